The molecule has 28 heavy (non-hydrogen) atoms. The van der Waals surface area contributed by atoms with Crippen LogP contribution in [0, 0.1) is 5.92 Å². The summed E-state index contributed by atoms with van der Waals surface area (Å²) in [7, 11) is 0. The highest BCUT2D eigenvalue weighted by atomic mass is 16.5. The van der Waals surface area contributed by atoms with Gasteiger partial charge >= 0.3 is 0 Å². The Hall–Kier alpha value is -1.01. The minimum Gasteiger partial charge on any atom is -0.381 e. The van der Waals surface area contributed by atoms with Crippen LogP contribution in [0.3, 0.4) is 0 Å². The van der Waals surface area contributed by atoms with Crippen molar-refractivity contribution in [2.45, 2.75) is 51.1 Å². The minimum atomic E-state index is 0.734. The highest BCUT2D eigenvalue weighted by Crippen LogP contribution is 2.26. The molecule has 0 saturated carbocycles. The second-order valence-electron chi connectivity index (χ2n) is 9.01. The molecular weight excluding hydrogens is 348 g/mol. The van der Waals surface area contributed by atoms with Gasteiger partial charge in [0.25, 0.3) is 0 Å². The van der Waals surface area contributed by atoms with Crippen LogP contribution in [0.5, 0.6) is 0 Å². The number of pyridine rings is 1. The number of fused-ring (bicyclic) bond motifs is 1. The van der Waals surface area contributed by atoms with Crippen LogP contribution >= 0.6 is 0 Å². The number of piperidine rings is 2. The Morgan fingerprint density at radius 3 is 2.64 bits per heavy atom. The Labute approximate surface area is 171 Å². The minimum absolute atomic E-state index is 0.734. The van der Waals surface area contributed by atoms with Gasteiger partial charge in [0, 0.05) is 64.3 Å². The first-order chi connectivity index (χ1) is 13.9. The molecule has 0 amide bonds. The number of nitrogens with zero attached hydrogens (tertiary/aromatic N) is 4. The number of likely N-dealkylation sites (tertiary alicyclic amines) is 1. The van der Waals surface area contributed by atoms with Crippen molar-refractivity contribution in [1.29, 1.82) is 0 Å². The monoisotopic (exact) mass is 386 g/mol. The molecule has 1 aromatic heterocycles. The molecule has 156 valence electrons. The van der Waals surface area contributed by atoms with Gasteiger partial charge in [-0.15, -0.1) is 0 Å². The van der Waals surface area contributed by atoms with Gasteiger partial charge in [-0.3, -0.25) is 14.8 Å². The first kappa shape index (κ1) is 20.3. The lowest BCUT2D eigenvalue weighted by atomic mass is 9.91. The summed E-state index contributed by atoms with van der Waals surface area (Å²) in [4.78, 5) is 12.1. The summed E-state index contributed by atoms with van der Waals surface area (Å²) >= 11 is 0. The van der Waals surface area contributed by atoms with E-state index in [1.807, 2.05) is 12.4 Å². The largest absolute Gasteiger partial charge is 0.381 e. The van der Waals surface area contributed by atoms with Crippen LogP contribution in [-0.4, -0.2) is 84.8 Å². The van der Waals surface area contributed by atoms with Crippen LogP contribution in [0.15, 0.2) is 24.5 Å². The van der Waals surface area contributed by atoms with E-state index < -0.39 is 0 Å². The summed E-state index contributed by atoms with van der Waals surface area (Å²) in [6.07, 6.45) is 11.9. The first-order valence-corrected chi connectivity index (χ1v) is 11.5. The normalized spacial score (nSPS) is 27.6. The molecule has 3 aliphatic rings. The van der Waals surface area contributed by atoms with E-state index in [0.717, 1.165) is 31.7 Å². The van der Waals surface area contributed by atoms with Gasteiger partial charge in [0.05, 0.1) is 6.61 Å². The van der Waals surface area contributed by atoms with E-state index in [1.165, 1.54) is 89.9 Å². The maximum absolute atomic E-state index is 6.07. The van der Waals surface area contributed by atoms with E-state index in [0.29, 0.717) is 0 Å². The van der Waals surface area contributed by atoms with Crippen molar-refractivity contribution in [2.75, 3.05) is 59.0 Å². The average Bonchev–Trinajstić information content (AvgIpc) is 2.75. The van der Waals surface area contributed by atoms with Gasteiger partial charge < -0.3 is 9.64 Å². The topological polar surface area (TPSA) is 31.8 Å². The molecule has 0 bridgehead atoms. The third-order valence-electron chi connectivity index (χ3n) is 6.81. The number of ether oxygens (including phenoxy) is 1. The van der Waals surface area contributed by atoms with Crippen LogP contribution < -0.4 is 0 Å². The fraction of sp³-hybridized carbons (Fsp3) is 0.783. The number of hydrogen-bond acceptors (Lipinski definition) is 5. The standard InChI is InChI=1S/C23H38N4O/c1-2-11-25(12-3-1)13-4-16-28-20-22-5-6-23-19-26(14-15-27(23)18-22)17-21-7-9-24-10-8-21/h7-10,22-23H,1-6,11-20H2/t22-,23-/m1/s1. The lowest BCUT2D eigenvalue weighted by Gasteiger charge is -2.46. The molecule has 0 aliphatic carbocycles. The molecule has 5 nitrogen and oxygen atoms in total. The molecule has 0 aromatic carbocycles. The molecule has 3 fully saturated rings. The van der Waals surface area contributed by atoms with Crippen molar-refractivity contribution in [3.63, 3.8) is 0 Å². The number of rotatable bonds is 8. The Morgan fingerprint density at radius 1 is 0.929 bits per heavy atom. The van der Waals surface area contributed by atoms with Gasteiger partial charge in [-0.05, 0) is 68.8 Å². The third-order valence-corrected chi connectivity index (χ3v) is 6.81. The average molecular weight is 387 g/mol. The van der Waals surface area contributed by atoms with Crippen molar-refractivity contribution in [1.82, 2.24) is 19.7 Å². The van der Waals surface area contributed by atoms with E-state index in [9.17, 15) is 0 Å². The Morgan fingerprint density at radius 2 is 1.79 bits per heavy atom. The molecular formula is C23H38N4O. The predicted octanol–water partition coefficient (Wildman–Crippen LogP) is 2.87. The highest BCUT2D eigenvalue weighted by molar-refractivity contribution is 5.09. The fourth-order valence-electron chi connectivity index (χ4n) is 5.17. The molecule has 3 saturated heterocycles. The Balaban J connectivity index is 1.10. The summed E-state index contributed by atoms with van der Waals surface area (Å²) in [5, 5.41) is 0. The molecule has 0 radical (unpaired) electrons. The quantitative estimate of drug-likeness (QED) is 0.642. The van der Waals surface area contributed by atoms with Crippen LogP contribution in [0.25, 0.3) is 0 Å². The number of hydrogen-bond donors (Lipinski definition) is 0. The van der Waals surface area contributed by atoms with Gasteiger partial charge in [0.2, 0.25) is 0 Å². The van der Waals surface area contributed by atoms with Gasteiger partial charge in [0.15, 0.2) is 0 Å². The molecule has 2 atom stereocenters. The molecule has 4 heterocycles. The Bertz CT molecular complexity index is 563. The molecule has 0 N–H and O–H groups in total. The van der Waals surface area contributed by atoms with Crippen molar-refractivity contribution in [3.8, 4) is 0 Å². The lowest BCUT2D eigenvalue weighted by molar-refractivity contribution is -0.00316. The maximum Gasteiger partial charge on any atom is 0.0506 e. The van der Waals surface area contributed by atoms with Gasteiger partial charge in [-0.25, -0.2) is 0 Å². The maximum atomic E-state index is 6.07. The van der Waals surface area contributed by atoms with Crippen molar-refractivity contribution in [2.24, 2.45) is 5.92 Å². The third kappa shape index (κ3) is 5.99. The molecule has 0 spiro atoms. The molecule has 0 unspecified atom stereocenters. The predicted molar refractivity (Wildman–Crippen MR) is 113 cm³/mol. The summed E-state index contributed by atoms with van der Waals surface area (Å²) < 4.78 is 6.07. The van der Waals surface area contributed by atoms with Gasteiger partial charge in [-0.2, -0.15) is 0 Å². The van der Waals surface area contributed by atoms with Gasteiger partial charge in [-0.1, -0.05) is 6.42 Å². The second-order valence-corrected chi connectivity index (χ2v) is 9.01. The molecule has 5 heteroatoms. The second kappa shape index (κ2) is 10.7. The summed E-state index contributed by atoms with van der Waals surface area (Å²) in [5.74, 6) is 0.734. The zero-order valence-corrected chi connectivity index (χ0v) is 17.5. The van der Waals surface area contributed by atoms with Crippen molar-refractivity contribution >= 4 is 0 Å². The zero-order chi connectivity index (χ0) is 19.0. The van der Waals surface area contributed by atoms with Crippen LogP contribution in [0.4, 0.5) is 0 Å². The van der Waals surface area contributed by atoms with Crippen LogP contribution in [0.1, 0.15) is 44.1 Å². The SMILES string of the molecule is c1cc(CN2CCN3C[C@H](COCCCN4CCCCC4)CC[C@@H]3C2)ccn1. The van der Waals surface area contributed by atoms with E-state index in [1.54, 1.807) is 0 Å². The first-order valence-electron chi connectivity index (χ1n) is 11.5. The zero-order valence-electron chi connectivity index (χ0n) is 17.5. The molecule has 1 aromatic rings. The van der Waals surface area contributed by atoms with Gasteiger partial charge in [0.1, 0.15) is 0 Å². The lowest BCUT2D eigenvalue weighted by Crippen LogP contribution is -2.56. The summed E-state index contributed by atoms with van der Waals surface area (Å²) in [6.45, 7) is 11.6. The van der Waals surface area contributed by atoms with Crippen molar-refractivity contribution < 1.29 is 4.74 Å². The number of aromatic nitrogens is 1. The van der Waals surface area contributed by atoms with Crippen molar-refractivity contribution in [3.05, 3.63) is 30.1 Å². The Kier molecular flexibility index (Phi) is 7.73. The number of piperazine rings is 1. The molecule has 4 rings (SSSR count). The molecule has 3 aliphatic heterocycles. The smallest absolute Gasteiger partial charge is 0.0506 e. The summed E-state index contributed by atoms with van der Waals surface area (Å²) in [6, 6.07) is 5.03. The fourth-order valence-corrected chi connectivity index (χ4v) is 5.17. The van der Waals surface area contributed by atoms with E-state index >= 15 is 0 Å². The van der Waals surface area contributed by atoms with E-state index in [2.05, 4.69) is 31.8 Å². The van der Waals surface area contributed by atoms with Crippen LogP contribution in [-0.2, 0) is 11.3 Å². The van der Waals surface area contributed by atoms with Crippen LogP contribution in [0.2, 0.25) is 0 Å². The van der Waals surface area contributed by atoms with E-state index in [-0.39, 0.29) is 0 Å². The summed E-state index contributed by atoms with van der Waals surface area (Å²) in [5.41, 5.74) is 1.38. The highest BCUT2D eigenvalue weighted by Gasteiger charge is 2.32. The van der Waals surface area contributed by atoms with E-state index in [4.69, 9.17) is 4.74 Å².